The minimum absolute atomic E-state index is 0.00930. The van der Waals surface area contributed by atoms with E-state index in [0.29, 0.717) is 12.1 Å². The van der Waals surface area contributed by atoms with Crippen LogP contribution in [-0.2, 0) is 16.1 Å². The predicted molar refractivity (Wildman–Crippen MR) is 102 cm³/mol. The zero-order valence-electron chi connectivity index (χ0n) is 15.3. The SMILES string of the molecule is N=C(N)c1ccc(CNC(CO)C(=O)NCC(=O)NN2CCCCC2)cc1. The number of amides is 2. The Kier molecular flexibility index (Phi) is 8.18. The van der Waals surface area contributed by atoms with Crippen LogP contribution in [0.25, 0.3) is 0 Å². The monoisotopic (exact) mass is 376 g/mol. The molecule has 1 aliphatic rings. The van der Waals surface area contributed by atoms with Crippen molar-refractivity contribution in [3.8, 4) is 0 Å². The standard InChI is InChI=1S/C18H28N6O3/c19-17(20)14-6-4-13(5-7-14)10-21-15(12-25)18(27)22-11-16(26)23-24-8-2-1-3-9-24/h4-7,15,21,25H,1-3,8-12H2,(H3,19,20)(H,22,27)(H,23,26). The van der Waals surface area contributed by atoms with Crippen molar-refractivity contribution >= 4 is 17.6 Å². The number of hydrogen-bond acceptors (Lipinski definition) is 6. The van der Waals surface area contributed by atoms with Crippen LogP contribution in [0.5, 0.6) is 0 Å². The molecular formula is C18H28N6O3. The van der Waals surface area contributed by atoms with Gasteiger partial charge in [-0.25, -0.2) is 5.01 Å². The molecule has 9 nitrogen and oxygen atoms in total. The average molecular weight is 376 g/mol. The van der Waals surface area contributed by atoms with Crippen LogP contribution in [0.1, 0.15) is 30.4 Å². The molecule has 0 saturated carbocycles. The van der Waals surface area contributed by atoms with Crippen LogP contribution in [-0.4, -0.2) is 60.0 Å². The second kappa shape index (κ2) is 10.6. The number of nitrogens with one attached hydrogen (secondary N) is 4. The number of benzene rings is 1. The van der Waals surface area contributed by atoms with E-state index in [1.54, 1.807) is 24.3 Å². The van der Waals surface area contributed by atoms with E-state index in [0.717, 1.165) is 31.5 Å². The molecule has 2 rings (SSSR count). The van der Waals surface area contributed by atoms with Crippen molar-refractivity contribution in [1.29, 1.82) is 5.41 Å². The lowest BCUT2D eigenvalue weighted by Crippen LogP contribution is -2.52. The molecule has 0 aromatic heterocycles. The van der Waals surface area contributed by atoms with Gasteiger partial charge in [0.05, 0.1) is 13.2 Å². The number of aliphatic hydroxyl groups excluding tert-OH is 1. The normalized spacial score (nSPS) is 15.7. The quantitative estimate of drug-likeness (QED) is 0.242. The molecule has 1 atom stereocenters. The number of carbonyl (C=O) groups excluding carboxylic acids is 2. The second-order valence-electron chi connectivity index (χ2n) is 6.53. The Labute approximate surface area is 158 Å². The number of hydrazine groups is 1. The highest BCUT2D eigenvalue weighted by Gasteiger charge is 2.18. The van der Waals surface area contributed by atoms with E-state index < -0.39 is 11.9 Å². The van der Waals surface area contributed by atoms with Crippen LogP contribution < -0.4 is 21.8 Å². The molecule has 1 fully saturated rings. The van der Waals surface area contributed by atoms with E-state index in [1.807, 2.05) is 5.01 Å². The average Bonchev–Trinajstić information content (AvgIpc) is 2.68. The summed E-state index contributed by atoms with van der Waals surface area (Å²) in [5.74, 6) is -0.724. The molecule has 148 valence electrons. The van der Waals surface area contributed by atoms with Crippen molar-refractivity contribution in [2.75, 3.05) is 26.2 Å². The number of piperidine rings is 1. The Bertz CT molecular complexity index is 643. The van der Waals surface area contributed by atoms with Gasteiger partial charge in [-0.2, -0.15) is 0 Å². The molecule has 0 aliphatic carbocycles. The molecule has 1 unspecified atom stereocenters. The molecular weight excluding hydrogens is 348 g/mol. The van der Waals surface area contributed by atoms with Gasteiger partial charge in [0.1, 0.15) is 11.9 Å². The minimum atomic E-state index is -0.819. The lowest BCUT2D eigenvalue weighted by Gasteiger charge is -2.27. The number of amidine groups is 1. The molecule has 2 amide bonds. The van der Waals surface area contributed by atoms with Crippen LogP contribution >= 0.6 is 0 Å². The maximum Gasteiger partial charge on any atom is 0.253 e. The first-order chi connectivity index (χ1) is 13.0. The number of nitrogens with two attached hydrogens (primary N) is 1. The molecule has 9 heteroatoms. The van der Waals surface area contributed by atoms with E-state index in [4.69, 9.17) is 11.1 Å². The number of nitrogens with zero attached hydrogens (tertiary/aromatic N) is 1. The Morgan fingerprint density at radius 1 is 1.19 bits per heavy atom. The van der Waals surface area contributed by atoms with Gasteiger partial charge in [0.15, 0.2) is 0 Å². The van der Waals surface area contributed by atoms with Gasteiger partial charge >= 0.3 is 0 Å². The van der Waals surface area contributed by atoms with Crippen molar-refractivity contribution in [2.45, 2.75) is 31.8 Å². The lowest BCUT2D eigenvalue weighted by atomic mass is 10.1. The predicted octanol–water partition coefficient (Wildman–Crippen LogP) is -0.946. The maximum absolute atomic E-state index is 12.2. The van der Waals surface area contributed by atoms with E-state index in [1.165, 1.54) is 6.42 Å². The van der Waals surface area contributed by atoms with Gasteiger partial charge < -0.3 is 16.2 Å². The van der Waals surface area contributed by atoms with Gasteiger partial charge in [-0.05, 0) is 18.4 Å². The maximum atomic E-state index is 12.2. The summed E-state index contributed by atoms with van der Waals surface area (Å²) < 4.78 is 0. The third kappa shape index (κ3) is 6.97. The highest BCUT2D eigenvalue weighted by molar-refractivity contribution is 5.94. The Hall–Kier alpha value is -2.49. The summed E-state index contributed by atoms with van der Waals surface area (Å²) in [6.45, 7) is 1.48. The van der Waals surface area contributed by atoms with Crippen LogP contribution in [0.3, 0.4) is 0 Å². The van der Waals surface area contributed by atoms with Gasteiger partial charge in [0, 0.05) is 25.2 Å². The highest BCUT2D eigenvalue weighted by atomic mass is 16.3. The van der Waals surface area contributed by atoms with Gasteiger partial charge in [-0.1, -0.05) is 30.7 Å². The number of nitrogen functional groups attached to an aromatic ring is 1. The summed E-state index contributed by atoms with van der Waals surface area (Å²) in [5.41, 5.74) is 9.69. The van der Waals surface area contributed by atoms with Gasteiger partial charge in [-0.3, -0.25) is 25.7 Å². The highest BCUT2D eigenvalue weighted by Crippen LogP contribution is 2.06. The summed E-state index contributed by atoms with van der Waals surface area (Å²) in [6.07, 6.45) is 3.28. The van der Waals surface area contributed by atoms with Crippen molar-refractivity contribution in [3.05, 3.63) is 35.4 Å². The van der Waals surface area contributed by atoms with Crippen molar-refractivity contribution < 1.29 is 14.7 Å². The first kappa shape index (κ1) is 20.8. The number of carbonyl (C=O) groups is 2. The summed E-state index contributed by atoms with van der Waals surface area (Å²) in [7, 11) is 0. The molecule has 1 heterocycles. The van der Waals surface area contributed by atoms with E-state index >= 15 is 0 Å². The molecule has 0 bridgehead atoms. The summed E-state index contributed by atoms with van der Waals surface area (Å²) in [4.78, 5) is 24.1. The van der Waals surface area contributed by atoms with Crippen molar-refractivity contribution in [3.63, 3.8) is 0 Å². The third-order valence-corrected chi connectivity index (χ3v) is 4.38. The molecule has 1 saturated heterocycles. The molecule has 7 N–H and O–H groups in total. The fourth-order valence-corrected chi connectivity index (χ4v) is 2.80. The van der Waals surface area contributed by atoms with Crippen LogP contribution in [0, 0.1) is 5.41 Å². The molecule has 27 heavy (non-hydrogen) atoms. The molecule has 0 spiro atoms. The zero-order valence-corrected chi connectivity index (χ0v) is 15.3. The number of hydrogen-bond donors (Lipinski definition) is 6. The van der Waals surface area contributed by atoms with Crippen molar-refractivity contribution in [1.82, 2.24) is 21.1 Å². The van der Waals surface area contributed by atoms with Gasteiger partial charge in [-0.15, -0.1) is 0 Å². The van der Waals surface area contributed by atoms with E-state index in [-0.39, 0.29) is 24.9 Å². The van der Waals surface area contributed by atoms with Crippen LogP contribution in [0.2, 0.25) is 0 Å². The number of rotatable bonds is 9. The smallest absolute Gasteiger partial charge is 0.253 e. The van der Waals surface area contributed by atoms with E-state index in [2.05, 4.69) is 16.1 Å². The zero-order chi connectivity index (χ0) is 19.6. The first-order valence-corrected chi connectivity index (χ1v) is 9.09. The molecule has 1 aromatic rings. The third-order valence-electron chi connectivity index (χ3n) is 4.38. The number of aliphatic hydroxyl groups is 1. The summed E-state index contributed by atoms with van der Waals surface area (Å²) in [5, 5.41) is 24.2. The Morgan fingerprint density at radius 3 is 2.44 bits per heavy atom. The molecule has 1 aromatic carbocycles. The lowest BCUT2D eigenvalue weighted by molar-refractivity contribution is -0.130. The fourth-order valence-electron chi connectivity index (χ4n) is 2.80. The van der Waals surface area contributed by atoms with Gasteiger partial charge in [0.25, 0.3) is 5.91 Å². The van der Waals surface area contributed by atoms with E-state index in [9.17, 15) is 14.7 Å². The first-order valence-electron chi connectivity index (χ1n) is 9.09. The Balaban J connectivity index is 1.74. The minimum Gasteiger partial charge on any atom is -0.394 e. The Morgan fingerprint density at radius 2 is 1.85 bits per heavy atom. The second-order valence-corrected chi connectivity index (χ2v) is 6.53. The fraction of sp³-hybridized carbons (Fsp3) is 0.500. The van der Waals surface area contributed by atoms with Crippen LogP contribution in [0.15, 0.2) is 24.3 Å². The summed E-state index contributed by atoms with van der Waals surface area (Å²) >= 11 is 0. The van der Waals surface area contributed by atoms with Crippen molar-refractivity contribution in [2.24, 2.45) is 5.73 Å². The molecule has 1 aliphatic heterocycles. The largest absolute Gasteiger partial charge is 0.394 e. The molecule has 0 radical (unpaired) electrons. The summed E-state index contributed by atoms with van der Waals surface area (Å²) in [6, 6.07) is 6.21. The van der Waals surface area contributed by atoms with Crippen LogP contribution in [0.4, 0.5) is 0 Å². The van der Waals surface area contributed by atoms with Gasteiger partial charge in [0.2, 0.25) is 5.91 Å². The topological polar surface area (TPSA) is 144 Å².